The number of hydrogen-bond acceptors (Lipinski definition) is 4. The molecule has 0 unspecified atom stereocenters. The zero-order chi connectivity index (χ0) is 16.4. The van der Waals surface area contributed by atoms with Crippen LogP contribution in [0, 0.1) is 0 Å². The number of piperazine rings is 1. The van der Waals surface area contributed by atoms with E-state index < -0.39 is 9.84 Å². The molecule has 2 aliphatic heterocycles. The van der Waals surface area contributed by atoms with Crippen LogP contribution in [0.4, 0.5) is 0 Å². The number of thioether (sulfide) groups is 1. The van der Waals surface area contributed by atoms with Gasteiger partial charge >= 0.3 is 0 Å². The van der Waals surface area contributed by atoms with E-state index in [9.17, 15) is 13.2 Å². The third kappa shape index (κ3) is 3.89. The van der Waals surface area contributed by atoms with Crippen LogP contribution in [0.5, 0.6) is 0 Å². The van der Waals surface area contributed by atoms with Gasteiger partial charge in [-0.25, -0.2) is 8.42 Å². The van der Waals surface area contributed by atoms with Crippen LogP contribution in [0.25, 0.3) is 0 Å². The Kier molecular flexibility index (Phi) is 4.98. The minimum Gasteiger partial charge on any atom is -0.329 e. The standard InChI is InChI=1S/C16H22N2O3S2/c1-22-15-4-2-13(3-5-15)16(19)18-9-7-17(8-10-18)14-6-11-23(20,21)12-14/h2-5,14H,6-12H2,1H3/p+1/t14-/m1/s1. The van der Waals surface area contributed by atoms with Crippen molar-refractivity contribution >= 4 is 27.5 Å². The molecule has 1 N–H and O–H groups in total. The fraction of sp³-hybridized carbons (Fsp3) is 0.562. The Morgan fingerprint density at radius 1 is 1.22 bits per heavy atom. The van der Waals surface area contributed by atoms with E-state index in [2.05, 4.69) is 0 Å². The number of carbonyl (C=O) groups is 1. The summed E-state index contributed by atoms with van der Waals surface area (Å²) >= 11 is 1.66. The van der Waals surface area contributed by atoms with Gasteiger partial charge in [0.2, 0.25) is 0 Å². The quantitative estimate of drug-likeness (QED) is 0.772. The summed E-state index contributed by atoms with van der Waals surface area (Å²) < 4.78 is 23.2. The van der Waals surface area contributed by atoms with Crippen molar-refractivity contribution in [2.24, 2.45) is 0 Å². The first-order valence-corrected chi connectivity index (χ1v) is 11.0. The van der Waals surface area contributed by atoms with Crippen molar-refractivity contribution in [1.82, 2.24) is 4.90 Å². The monoisotopic (exact) mass is 355 g/mol. The van der Waals surface area contributed by atoms with Crippen molar-refractivity contribution in [1.29, 1.82) is 0 Å². The van der Waals surface area contributed by atoms with Gasteiger partial charge in [-0.2, -0.15) is 0 Å². The van der Waals surface area contributed by atoms with Crippen molar-refractivity contribution in [2.45, 2.75) is 17.4 Å². The van der Waals surface area contributed by atoms with Gasteiger partial charge in [0, 0.05) is 16.9 Å². The first-order valence-electron chi connectivity index (χ1n) is 7.97. The zero-order valence-corrected chi connectivity index (χ0v) is 15.0. The first-order chi connectivity index (χ1) is 11.0. The Labute approximate surface area is 141 Å². The van der Waals surface area contributed by atoms with Gasteiger partial charge in [0.25, 0.3) is 5.91 Å². The lowest BCUT2D eigenvalue weighted by Gasteiger charge is -2.35. The van der Waals surface area contributed by atoms with E-state index in [1.807, 2.05) is 35.4 Å². The Morgan fingerprint density at radius 3 is 2.39 bits per heavy atom. The smallest absolute Gasteiger partial charge is 0.254 e. The predicted octanol–water partition coefficient (Wildman–Crippen LogP) is -0.0637. The van der Waals surface area contributed by atoms with Crippen LogP contribution in [0.1, 0.15) is 16.8 Å². The number of rotatable bonds is 3. The average Bonchev–Trinajstić information content (AvgIpc) is 2.94. The molecule has 0 radical (unpaired) electrons. The number of hydrogen-bond donors (Lipinski definition) is 1. The normalized spacial score (nSPS) is 24.7. The molecule has 7 heteroatoms. The fourth-order valence-electron chi connectivity index (χ4n) is 3.44. The highest BCUT2D eigenvalue weighted by atomic mass is 32.2. The van der Waals surface area contributed by atoms with Gasteiger partial charge in [0.15, 0.2) is 9.84 Å². The van der Waals surface area contributed by atoms with Crippen LogP contribution in [-0.2, 0) is 9.84 Å². The summed E-state index contributed by atoms with van der Waals surface area (Å²) in [5, 5.41) is 0. The van der Waals surface area contributed by atoms with Crippen molar-refractivity contribution in [3.8, 4) is 0 Å². The minimum absolute atomic E-state index is 0.0794. The second-order valence-electron chi connectivity index (χ2n) is 6.28. The molecule has 0 aliphatic carbocycles. The summed E-state index contributed by atoms with van der Waals surface area (Å²) in [6, 6.07) is 7.94. The van der Waals surface area contributed by atoms with Gasteiger partial charge in [-0.05, 0) is 30.5 Å². The van der Waals surface area contributed by atoms with Crippen molar-refractivity contribution in [2.75, 3.05) is 43.9 Å². The van der Waals surface area contributed by atoms with Crippen LogP contribution >= 0.6 is 11.8 Å². The van der Waals surface area contributed by atoms with Crippen molar-refractivity contribution in [3.63, 3.8) is 0 Å². The highest BCUT2D eigenvalue weighted by Crippen LogP contribution is 2.16. The predicted molar refractivity (Wildman–Crippen MR) is 91.9 cm³/mol. The maximum Gasteiger partial charge on any atom is 0.254 e. The van der Waals surface area contributed by atoms with E-state index in [1.54, 1.807) is 11.8 Å². The maximum absolute atomic E-state index is 12.5. The molecule has 23 heavy (non-hydrogen) atoms. The number of amides is 1. The summed E-state index contributed by atoms with van der Waals surface area (Å²) in [6.07, 6.45) is 2.78. The Hall–Kier alpha value is -1.05. The number of benzene rings is 1. The third-order valence-corrected chi connectivity index (χ3v) is 7.35. The van der Waals surface area contributed by atoms with E-state index in [-0.39, 0.29) is 11.9 Å². The number of sulfone groups is 1. The zero-order valence-electron chi connectivity index (χ0n) is 13.3. The molecule has 0 aromatic heterocycles. The summed E-state index contributed by atoms with van der Waals surface area (Å²) in [6.45, 7) is 3.09. The Morgan fingerprint density at radius 2 is 1.87 bits per heavy atom. The SMILES string of the molecule is CSc1ccc(C(=O)N2CC[NH+]([C@@H]3CCS(=O)(=O)C3)CC2)cc1. The molecular formula is C16H23N2O3S2+. The highest BCUT2D eigenvalue weighted by Gasteiger charge is 2.37. The summed E-state index contributed by atoms with van der Waals surface area (Å²) in [5.41, 5.74) is 0.731. The van der Waals surface area contributed by atoms with E-state index in [0.717, 1.165) is 30.0 Å². The van der Waals surface area contributed by atoms with Gasteiger partial charge in [-0.15, -0.1) is 11.8 Å². The Balaban J connectivity index is 1.57. The van der Waals surface area contributed by atoms with Crippen LogP contribution < -0.4 is 4.90 Å². The number of carbonyl (C=O) groups excluding carboxylic acids is 1. The molecule has 0 spiro atoms. The van der Waals surface area contributed by atoms with Gasteiger partial charge in [-0.3, -0.25) is 4.79 Å². The number of nitrogens with zero attached hydrogens (tertiary/aromatic N) is 1. The Bertz CT molecular complexity index is 665. The molecule has 2 aliphatic rings. The molecule has 5 nitrogen and oxygen atoms in total. The van der Waals surface area contributed by atoms with Crippen molar-refractivity contribution in [3.05, 3.63) is 29.8 Å². The average molecular weight is 356 g/mol. The molecule has 2 saturated heterocycles. The summed E-state index contributed by atoms with van der Waals surface area (Å²) in [5.74, 6) is 0.716. The second-order valence-corrected chi connectivity index (χ2v) is 9.39. The van der Waals surface area contributed by atoms with Crippen LogP contribution in [0.15, 0.2) is 29.2 Å². The van der Waals surface area contributed by atoms with Crippen LogP contribution in [0.3, 0.4) is 0 Å². The highest BCUT2D eigenvalue weighted by molar-refractivity contribution is 7.98. The molecule has 1 aromatic carbocycles. The lowest BCUT2D eigenvalue weighted by atomic mass is 10.1. The van der Waals surface area contributed by atoms with Crippen LogP contribution in [-0.4, -0.2) is 69.2 Å². The maximum atomic E-state index is 12.5. The number of nitrogens with one attached hydrogen (secondary N) is 1. The second kappa shape index (κ2) is 6.83. The summed E-state index contributed by atoms with van der Waals surface area (Å²) in [7, 11) is -2.83. The van der Waals surface area contributed by atoms with Gasteiger partial charge in [0.1, 0.15) is 11.8 Å². The molecule has 126 valence electrons. The molecule has 3 rings (SSSR count). The van der Waals surface area contributed by atoms with Gasteiger partial charge < -0.3 is 9.80 Å². The van der Waals surface area contributed by atoms with Gasteiger partial charge in [-0.1, -0.05) is 0 Å². The van der Waals surface area contributed by atoms with Gasteiger partial charge in [0.05, 0.1) is 31.9 Å². The van der Waals surface area contributed by atoms with Crippen LogP contribution in [0.2, 0.25) is 0 Å². The van der Waals surface area contributed by atoms with E-state index >= 15 is 0 Å². The van der Waals surface area contributed by atoms with Crippen molar-refractivity contribution < 1.29 is 18.1 Å². The molecule has 2 heterocycles. The van der Waals surface area contributed by atoms with E-state index in [1.165, 1.54) is 4.90 Å². The fourth-order valence-corrected chi connectivity index (χ4v) is 5.67. The topological polar surface area (TPSA) is 58.9 Å². The molecule has 1 aromatic rings. The lowest BCUT2D eigenvalue weighted by molar-refractivity contribution is -0.925. The third-order valence-electron chi connectivity index (χ3n) is 4.84. The molecule has 0 bridgehead atoms. The lowest BCUT2D eigenvalue weighted by Crippen LogP contribution is -3.18. The minimum atomic E-state index is -2.83. The molecule has 1 atom stereocenters. The molecular weight excluding hydrogens is 332 g/mol. The first kappa shape index (κ1) is 16.8. The molecule has 2 fully saturated rings. The largest absolute Gasteiger partial charge is 0.329 e. The number of quaternary nitrogens is 1. The molecule has 1 amide bonds. The van der Waals surface area contributed by atoms with E-state index in [4.69, 9.17) is 0 Å². The molecule has 0 saturated carbocycles. The van der Waals surface area contributed by atoms with E-state index in [0.29, 0.717) is 24.6 Å². The summed E-state index contributed by atoms with van der Waals surface area (Å²) in [4.78, 5) is 16.9.